The molecule has 86 valence electrons. The van der Waals surface area contributed by atoms with Crippen molar-refractivity contribution in [1.82, 2.24) is 0 Å². The molecule has 0 saturated carbocycles. The first-order valence-electron chi connectivity index (χ1n) is 5.89. The van der Waals surface area contributed by atoms with Crippen molar-refractivity contribution in [1.29, 1.82) is 0 Å². The van der Waals surface area contributed by atoms with E-state index in [0.29, 0.717) is 0 Å². The van der Waals surface area contributed by atoms with Crippen LogP contribution in [0.1, 0.15) is 66.2 Å². The summed E-state index contributed by atoms with van der Waals surface area (Å²) in [5, 5.41) is 0. The quantitative estimate of drug-likeness (QED) is 0.511. The molecular weight excluding hydrogens is 172 g/mol. The number of hydrogen-bond acceptors (Lipinski definition) is 2. The molecule has 0 heterocycles. The Morgan fingerprint density at radius 1 is 0.857 bits per heavy atom. The summed E-state index contributed by atoms with van der Waals surface area (Å²) >= 11 is 0. The van der Waals surface area contributed by atoms with Crippen molar-refractivity contribution in [2.45, 2.75) is 71.9 Å². The van der Waals surface area contributed by atoms with E-state index in [1.807, 2.05) is 0 Å². The van der Waals surface area contributed by atoms with Gasteiger partial charge >= 0.3 is 0 Å². The van der Waals surface area contributed by atoms with E-state index in [2.05, 4.69) is 27.7 Å². The summed E-state index contributed by atoms with van der Waals surface area (Å²) in [4.78, 5) is 0. The Morgan fingerprint density at radius 2 is 1.36 bits per heavy atom. The standard InChI is InChI=1S/C12H28N2/c1-5-6-7-8-9-10-12(13,14)11(2,3)4/h5-10,13-14H2,1-4H3. The smallest absolute Gasteiger partial charge is 0.0686 e. The van der Waals surface area contributed by atoms with Crippen molar-refractivity contribution in [3.05, 3.63) is 0 Å². The summed E-state index contributed by atoms with van der Waals surface area (Å²) in [5.41, 5.74) is 11.7. The second-order valence-electron chi connectivity index (χ2n) is 5.45. The van der Waals surface area contributed by atoms with E-state index in [4.69, 9.17) is 11.5 Å². The van der Waals surface area contributed by atoms with Crippen molar-refractivity contribution >= 4 is 0 Å². The van der Waals surface area contributed by atoms with Crippen LogP contribution < -0.4 is 11.5 Å². The molecule has 4 N–H and O–H groups in total. The lowest BCUT2D eigenvalue weighted by atomic mass is 9.78. The fraction of sp³-hybridized carbons (Fsp3) is 1.00. The zero-order valence-corrected chi connectivity index (χ0v) is 10.4. The molecule has 0 radical (unpaired) electrons. The minimum Gasteiger partial charge on any atom is -0.313 e. The molecule has 0 aliphatic carbocycles. The Balaban J connectivity index is 3.67. The van der Waals surface area contributed by atoms with E-state index in [-0.39, 0.29) is 5.41 Å². The van der Waals surface area contributed by atoms with Crippen LogP contribution >= 0.6 is 0 Å². The third kappa shape index (κ3) is 4.97. The number of unbranched alkanes of at least 4 members (excludes halogenated alkanes) is 4. The van der Waals surface area contributed by atoms with Crippen molar-refractivity contribution in [3.63, 3.8) is 0 Å². The van der Waals surface area contributed by atoms with Crippen molar-refractivity contribution in [2.24, 2.45) is 16.9 Å². The lowest BCUT2D eigenvalue weighted by Crippen LogP contribution is -2.59. The highest BCUT2D eigenvalue weighted by molar-refractivity contribution is 4.89. The van der Waals surface area contributed by atoms with Gasteiger partial charge in [-0.15, -0.1) is 0 Å². The van der Waals surface area contributed by atoms with Crippen molar-refractivity contribution < 1.29 is 0 Å². The lowest BCUT2D eigenvalue weighted by Gasteiger charge is -2.38. The Bertz CT molecular complexity index is 145. The molecule has 2 heteroatoms. The van der Waals surface area contributed by atoms with Crippen LogP contribution in [0, 0.1) is 5.41 Å². The fourth-order valence-corrected chi connectivity index (χ4v) is 1.40. The number of hydrogen-bond donors (Lipinski definition) is 2. The van der Waals surface area contributed by atoms with Gasteiger partial charge in [-0.25, -0.2) is 0 Å². The predicted octanol–water partition coefficient (Wildman–Crippen LogP) is 3.01. The van der Waals surface area contributed by atoms with Gasteiger partial charge in [-0.3, -0.25) is 0 Å². The Labute approximate surface area is 89.4 Å². The van der Waals surface area contributed by atoms with Crippen LogP contribution in [0.2, 0.25) is 0 Å². The molecule has 0 rings (SSSR count). The van der Waals surface area contributed by atoms with Crippen molar-refractivity contribution in [3.8, 4) is 0 Å². The Kier molecular flexibility index (Phi) is 5.68. The highest BCUT2D eigenvalue weighted by Gasteiger charge is 2.33. The molecule has 0 spiro atoms. The van der Waals surface area contributed by atoms with Gasteiger partial charge in [0.2, 0.25) is 0 Å². The van der Waals surface area contributed by atoms with Crippen LogP contribution in [0.25, 0.3) is 0 Å². The van der Waals surface area contributed by atoms with E-state index >= 15 is 0 Å². The fourth-order valence-electron chi connectivity index (χ4n) is 1.40. The van der Waals surface area contributed by atoms with Crippen LogP contribution in [0.3, 0.4) is 0 Å². The van der Waals surface area contributed by atoms with Gasteiger partial charge in [0.05, 0.1) is 5.66 Å². The van der Waals surface area contributed by atoms with Gasteiger partial charge in [-0.2, -0.15) is 0 Å². The second kappa shape index (κ2) is 5.72. The molecular formula is C12H28N2. The lowest BCUT2D eigenvalue weighted by molar-refractivity contribution is 0.176. The van der Waals surface area contributed by atoms with Crippen LogP contribution in [0.5, 0.6) is 0 Å². The third-order valence-corrected chi connectivity index (χ3v) is 3.09. The third-order valence-electron chi connectivity index (χ3n) is 3.09. The molecule has 0 aliphatic heterocycles. The van der Waals surface area contributed by atoms with E-state index in [0.717, 1.165) is 12.8 Å². The van der Waals surface area contributed by atoms with Gasteiger partial charge in [0.15, 0.2) is 0 Å². The highest BCUT2D eigenvalue weighted by atomic mass is 15.0. The maximum Gasteiger partial charge on any atom is 0.0686 e. The normalized spacial score (nSPS) is 13.3. The average molecular weight is 200 g/mol. The maximum atomic E-state index is 6.09. The van der Waals surface area contributed by atoms with E-state index in [1.54, 1.807) is 0 Å². The Hall–Kier alpha value is -0.0800. The summed E-state index contributed by atoms with van der Waals surface area (Å²) < 4.78 is 0. The summed E-state index contributed by atoms with van der Waals surface area (Å²) in [5.74, 6) is 0. The van der Waals surface area contributed by atoms with Gasteiger partial charge in [0, 0.05) is 0 Å². The number of nitrogens with two attached hydrogens (primary N) is 2. The molecule has 0 atom stereocenters. The average Bonchev–Trinajstić information content (AvgIpc) is 2.02. The van der Waals surface area contributed by atoms with Gasteiger partial charge in [0.1, 0.15) is 0 Å². The van der Waals surface area contributed by atoms with Crippen molar-refractivity contribution in [2.75, 3.05) is 0 Å². The molecule has 0 aliphatic rings. The van der Waals surface area contributed by atoms with E-state index in [9.17, 15) is 0 Å². The molecule has 0 unspecified atom stereocenters. The molecule has 0 amide bonds. The zero-order valence-electron chi connectivity index (χ0n) is 10.4. The largest absolute Gasteiger partial charge is 0.313 e. The van der Waals surface area contributed by atoms with Crippen LogP contribution in [-0.2, 0) is 0 Å². The summed E-state index contributed by atoms with van der Waals surface area (Å²) in [6, 6.07) is 0. The minimum absolute atomic E-state index is 0.00223. The highest BCUT2D eigenvalue weighted by Crippen LogP contribution is 2.28. The topological polar surface area (TPSA) is 52.0 Å². The number of rotatable bonds is 6. The van der Waals surface area contributed by atoms with Gasteiger partial charge in [-0.05, 0) is 11.8 Å². The monoisotopic (exact) mass is 200 g/mol. The Morgan fingerprint density at radius 3 is 1.79 bits per heavy atom. The minimum atomic E-state index is -0.515. The van der Waals surface area contributed by atoms with Gasteiger partial charge in [0.25, 0.3) is 0 Å². The molecule has 0 aromatic carbocycles. The summed E-state index contributed by atoms with van der Waals surface area (Å²) in [6.07, 6.45) is 7.29. The van der Waals surface area contributed by atoms with Crippen LogP contribution in [0.15, 0.2) is 0 Å². The summed E-state index contributed by atoms with van der Waals surface area (Å²) in [7, 11) is 0. The van der Waals surface area contributed by atoms with Crippen LogP contribution in [0.4, 0.5) is 0 Å². The first-order chi connectivity index (χ1) is 6.31. The van der Waals surface area contributed by atoms with Crippen LogP contribution in [-0.4, -0.2) is 5.66 Å². The first-order valence-corrected chi connectivity index (χ1v) is 5.89. The summed E-state index contributed by atoms with van der Waals surface area (Å²) in [6.45, 7) is 8.56. The molecule has 0 aromatic rings. The maximum absolute atomic E-state index is 6.09. The molecule has 0 saturated heterocycles. The second-order valence-corrected chi connectivity index (χ2v) is 5.45. The van der Waals surface area contributed by atoms with E-state index in [1.165, 1.54) is 25.7 Å². The molecule has 0 fully saturated rings. The zero-order chi connectivity index (χ0) is 11.2. The SMILES string of the molecule is CCCCCCCC(N)(N)C(C)(C)C. The molecule has 14 heavy (non-hydrogen) atoms. The van der Waals surface area contributed by atoms with Gasteiger partial charge < -0.3 is 11.5 Å². The molecule has 0 aromatic heterocycles. The van der Waals surface area contributed by atoms with E-state index < -0.39 is 5.66 Å². The predicted molar refractivity (Wildman–Crippen MR) is 63.9 cm³/mol. The van der Waals surface area contributed by atoms with Gasteiger partial charge in [-0.1, -0.05) is 59.8 Å². The molecule has 2 nitrogen and oxygen atoms in total. The first kappa shape index (κ1) is 13.9. The molecule has 0 bridgehead atoms.